The summed E-state index contributed by atoms with van der Waals surface area (Å²) in [5.74, 6) is -3.12. The molecule has 0 bridgehead atoms. The number of carbonyl (C=O) groups excluding carboxylic acids is 1. The molecule has 1 aliphatic rings. The van der Waals surface area contributed by atoms with Gasteiger partial charge < -0.3 is 5.32 Å². The first kappa shape index (κ1) is 24.7. The summed E-state index contributed by atoms with van der Waals surface area (Å²) in [5.41, 5.74) is -1.17. The van der Waals surface area contributed by atoms with E-state index in [9.17, 15) is 36.0 Å². The van der Waals surface area contributed by atoms with Crippen LogP contribution in [0.4, 0.5) is 17.6 Å². The van der Waals surface area contributed by atoms with Crippen LogP contribution in [0, 0.1) is 17.1 Å². The number of hydrogen-bond donors (Lipinski definition) is 2. The second-order valence-electron chi connectivity index (χ2n) is 7.97. The fourth-order valence-corrected chi connectivity index (χ4v) is 4.86. The summed E-state index contributed by atoms with van der Waals surface area (Å²) in [6.07, 6.45) is -4.18. The van der Waals surface area contributed by atoms with Gasteiger partial charge in [-0.25, -0.2) is 12.8 Å². The van der Waals surface area contributed by atoms with E-state index in [-0.39, 0.29) is 11.1 Å². The number of nitriles is 1. The van der Waals surface area contributed by atoms with Crippen molar-refractivity contribution in [3.8, 4) is 6.07 Å². The zero-order chi connectivity index (χ0) is 24.3. The molecule has 11 heteroatoms. The maximum Gasteiger partial charge on any atom is 0.407 e. The van der Waals surface area contributed by atoms with Crippen LogP contribution in [-0.4, -0.2) is 37.8 Å². The molecular formula is C22H21F4N3O3S. The van der Waals surface area contributed by atoms with Crippen LogP contribution in [0.2, 0.25) is 0 Å². The van der Waals surface area contributed by atoms with Crippen molar-refractivity contribution in [3.63, 3.8) is 0 Å². The molecule has 1 amide bonds. The van der Waals surface area contributed by atoms with E-state index in [1.807, 2.05) is 6.07 Å². The molecule has 1 fully saturated rings. The SMILES string of the molecule is N#CC1(NC(=O)[C@H](CS(=O)(=O)Cc2ccc(F)cc2)N[C@@H](c2ccccc2)C(F)(F)F)CC1. The van der Waals surface area contributed by atoms with Gasteiger partial charge in [-0.2, -0.15) is 18.4 Å². The van der Waals surface area contributed by atoms with Crippen molar-refractivity contribution in [2.75, 3.05) is 5.75 Å². The molecule has 33 heavy (non-hydrogen) atoms. The Morgan fingerprint density at radius 3 is 2.21 bits per heavy atom. The normalized spacial score (nSPS) is 16.9. The molecular weight excluding hydrogens is 462 g/mol. The minimum absolute atomic E-state index is 0.194. The first-order chi connectivity index (χ1) is 15.4. The van der Waals surface area contributed by atoms with Gasteiger partial charge in [-0.1, -0.05) is 42.5 Å². The molecule has 6 nitrogen and oxygen atoms in total. The van der Waals surface area contributed by atoms with Crippen molar-refractivity contribution in [2.45, 2.75) is 42.4 Å². The summed E-state index contributed by atoms with van der Waals surface area (Å²) in [5, 5.41) is 13.7. The lowest BCUT2D eigenvalue weighted by atomic mass is 10.1. The summed E-state index contributed by atoms with van der Waals surface area (Å²) >= 11 is 0. The van der Waals surface area contributed by atoms with E-state index in [1.165, 1.54) is 42.5 Å². The lowest BCUT2D eigenvalue weighted by Crippen LogP contribution is -2.54. The number of alkyl halides is 3. The van der Waals surface area contributed by atoms with E-state index in [1.54, 1.807) is 0 Å². The van der Waals surface area contributed by atoms with E-state index in [0.29, 0.717) is 12.8 Å². The average molecular weight is 483 g/mol. The lowest BCUT2D eigenvalue weighted by Gasteiger charge is -2.28. The number of nitrogens with one attached hydrogen (secondary N) is 2. The second kappa shape index (κ2) is 9.49. The number of halogens is 4. The molecule has 0 unspecified atom stereocenters. The monoisotopic (exact) mass is 483 g/mol. The van der Waals surface area contributed by atoms with Gasteiger partial charge in [0.25, 0.3) is 0 Å². The Balaban J connectivity index is 1.87. The number of hydrogen-bond acceptors (Lipinski definition) is 5. The largest absolute Gasteiger partial charge is 0.407 e. The number of sulfone groups is 1. The smallest absolute Gasteiger partial charge is 0.336 e. The number of nitrogens with zero attached hydrogens (tertiary/aromatic N) is 1. The first-order valence-corrected chi connectivity index (χ1v) is 11.8. The van der Waals surface area contributed by atoms with E-state index in [4.69, 9.17) is 0 Å². The Bertz CT molecular complexity index is 1130. The topological polar surface area (TPSA) is 99.1 Å². The summed E-state index contributed by atoms with van der Waals surface area (Å²) in [7, 11) is -4.10. The number of amides is 1. The van der Waals surface area contributed by atoms with E-state index < -0.39 is 56.9 Å². The van der Waals surface area contributed by atoms with Crippen molar-refractivity contribution < 1.29 is 30.8 Å². The molecule has 2 N–H and O–H groups in total. The predicted molar refractivity (Wildman–Crippen MR) is 112 cm³/mol. The standard InChI is InChI=1S/C22H21F4N3O3S/c23-17-8-6-15(7-9-17)12-33(31,32)13-18(20(30)29-21(14-27)10-11-21)28-19(22(24,25)26)16-4-2-1-3-5-16/h1-9,18-19,28H,10-13H2,(H,29,30)/t18-,19-/m0/s1. The molecule has 3 rings (SSSR count). The molecule has 2 aromatic rings. The van der Waals surface area contributed by atoms with Gasteiger partial charge in [0, 0.05) is 0 Å². The van der Waals surface area contributed by atoms with Crippen molar-refractivity contribution >= 4 is 15.7 Å². The molecule has 0 aliphatic heterocycles. The fourth-order valence-electron chi connectivity index (χ4n) is 3.29. The molecule has 1 aliphatic carbocycles. The number of benzene rings is 2. The maximum absolute atomic E-state index is 13.8. The summed E-state index contributed by atoms with van der Waals surface area (Å²) in [6, 6.07) is 9.15. The van der Waals surface area contributed by atoms with Crippen LogP contribution in [0.15, 0.2) is 54.6 Å². The quantitative estimate of drug-likeness (QED) is 0.534. The Hall–Kier alpha value is -2.97. The molecule has 0 saturated heterocycles. The van der Waals surface area contributed by atoms with Crippen molar-refractivity contribution in [1.82, 2.24) is 10.6 Å². The molecule has 2 atom stereocenters. The van der Waals surface area contributed by atoms with Gasteiger partial charge in [0.15, 0.2) is 9.84 Å². The minimum atomic E-state index is -4.83. The summed E-state index contributed by atoms with van der Waals surface area (Å²) < 4.78 is 80.1. The van der Waals surface area contributed by atoms with Crippen LogP contribution >= 0.6 is 0 Å². The highest BCUT2D eigenvalue weighted by Crippen LogP contribution is 2.35. The van der Waals surface area contributed by atoms with Gasteiger partial charge in [0.05, 0.1) is 17.6 Å². The number of carbonyl (C=O) groups is 1. The van der Waals surface area contributed by atoms with Gasteiger partial charge in [-0.15, -0.1) is 0 Å². The van der Waals surface area contributed by atoms with Crippen molar-refractivity contribution in [3.05, 3.63) is 71.5 Å². The maximum atomic E-state index is 13.8. The van der Waals surface area contributed by atoms with Gasteiger partial charge in [0.2, 0.25) is 5.91 Å². The van der Waals surface area contributed by atoms with Gasteiger partial charge in [-0.05, 0) is 36.1 Å². The van der Waals surface area contributed by atoms with Crippen LogP contribution in [-0.2, 0) is 20.4 Å². The van der Waals surface area contributed by atoms with Crippen LogP contribution in [0.3, 0.4) is 0 Å². The molecule has 1 saturated carbocycles. The Labute approximate surface area is 188 Å². The van der Waals surface area contributed by atoms with Crippen molar-refractivity contribution in [2.24, 2.45) is 0 Å². The van der Waals surface area contributed by atoms with Gasteiger partial charge >= 0.3 is 6.18 Å². The van der Waals surface area contributed by atoms with Gasteiger partial charge in [-0.3, -0.25) is 10.1 Å². The van der Waals surface area contributed by atoms with E-state index in [0.717, 1.165) is 12.1 Å². The minimum Gasteiger partial charge on any atom is -0.336 e. The molecule has 0 spiro atoms. The van der Waals surface area contributed by atoms with E-state index in [2.05, 4.69) is 10.6 Å². The van der Waals surface area contributed by atoms with Crippen LogP contribution in [0.5, 0.6) is 0 Å². The highest BCUT2D eigenvalue weighted by atomic mass is 32.2. The molecule has 0 aromatic heterocycles. The third kappa shape index (κ3) is 6.76. The average Bonchev–Trinajstić information content (AvgIpc) is 3.52. The summed E-state index contributed by atoms with van der Waals surface area (Å²) in [4.78, 5) is 12.8. The van der Waals surface area contributed by atoms with Gasteiger partial charge in [0.1, 0.15) is 23.4 Å². The number of rotatable bonds is 9. The Morgan fingerprint density at radius 2 is 1.70 bits per heavy atom. The third-order valence-corrected chi connectivity index (χ3v) is 6.81. The molecule has 176 valence electrons. The second-order valence-corrected chi connectivity index (χ2v) is 10.1. The van der Waals surface area contributed by atoms with E-state index >= 15 is 0 Å². The predicted octanol–water partition coefficient (Wildman–Crippen LogP) is 3.17. The van der Waals surface area contributed by atoms with Crippen LogP contribution < -0.4 is 10.6 Å². The molecule has 0 radical (unpaired) electrons. The van der Waals surface area contributed by atoms with Crippen LogP contribution in [0.1, 0.15) is 30.0 Å². The zero-order valence-corrected chi connectivity index (χ0v) is 18.1. The highest BCUT2D eigenvalue weighted by molar-refractivity contribution is 7.90. The lowest BCUT2D eigenvalue weighted by molar-refractivity contribution is -0.160. The first-order valence-electron chi connectivity index (χ1n) is 9.99. The third-order valence-electron chi connectivity index (χ3n) is 5.19. The Kier molecular flexibility index (Phi) is 7.09. The van der Waals surface area contributed by atoms with Crippen molar-refractivity contribution in [1.29, 1.82) is 5.26 Å². The molecule has 0 heterocycles. The Morgan fingerprint density at radius 1 is 1.09 bits per heavy atom. The molecule has 2 aromatic carbocycles. The zero-order valence-electron chi connectivity index (χ0n) is 17.3. The highest BCUT2D eigenvalue weighted by Gasteiger charge is 2.48. The summed E-state index contributed by atoms with van der Waals surface area (Å²) in [6.45, 7) is 0. The fraction of sp³-hybridized carbons (Fsp3) is 0.364. The van der Waals surface area contributed by atoms with Crippen LogP contribution in [0.25, 0.3) is 0 Å².